The Morgan fingerprint density at radius 2 is 2.11 bits per heavy atom. The zero-order chi connectivity index (χ0) is 19.1. The molecular formula is C20H20N2O3S2. The highest BCUT2D eigenvalue weighted by Crippen LogP contribution is 2.35. The number of rotatable bonds is 4. The van der Waals surface area contributed by atoms with Gasteiger partial charge in [0, 0.05) is 4.88 Å². The highest BCUT2D eigenvalue weighted by atomic mass is 32.2. The Morgan fingerprint density at radius 1 is 1.33 bits per heavy atom. The molecule has 2 aromatic heterocycles. The number of benzene rings is 1. The van der Waals surface area contributed by atoms with Crippen molar-refractivity contribution >= 4 is 39.3 Å². The summed E-state index contributed by atoms with van der Waals surface area (Å²) in [6, 6.07) is 7.68. The second-order valence-electron chi connectivity index (χ2n) is 6.86. The van der Waals surface area contributed by atoms with Gasteiger partial charge in [-0.05, 0) is 62.8 Å². The van der Waals surface area contributed by atoms with Crippen LogP contribution in [-0.4, -0.2) is 25.9 Å². The Bertz CT molecular complexity index is 1100. The third-order valence-corrected chi connectivity index (χ3v) is 7.07. The number of hydrogen-bond acceptors (Lipinski definition) is 5. The number of aliphatic carboxylic acids is 1. The van der Waals surface area contributed by atoms with Gasteiger partial charge in [0.1, 0.15) is 10.1 Å². The maximum absolute atomic E-state index is 13.5. The van der Waals surface area contributed by atoms with Gasteiger partial charge in [0.25, 0.3) is 5.56 Å². The van der Waals surface area contributed by atoms with E-state index in [0.717, 1.165) is 59.1 Å². The van der Waals surface area contributed by atoms with Crippen molar-refractivity contribution in [3.63, 3.8) is 0 Å². The Hall–Kier alpha value is -2.12. The van der Waals surface area contributed by atoms with E-state index in [4.69, 9.17) is 4.98 Å². The predicted octanol–water partition coefficient (Wildman–Crippen LogP) is 4.20. The van der Waals surface area contributed by atoms with E-state index in [1.165, 1.54) is 4.88 Å². The van der Waals surface area contributed by atoms with Crippen LogP contribution in [-0.2, 0) is 17.6 Å². The van der Waals surface area contributed by atoms with Crippen molar-refractivity contribution < 1.29 is 9.90 Å². The molecule has 0 fully saturated rings. The molecule has 1 aliphatic carbocycles. The molecule has 1 aromatic carbocycles. The lowest BCUT2D eigenvalue weighted by Gasteiger charge is -2.15. The number of thiophene rings is 1. The molecule has 4 rings (SSSR count). The number of carboxylic acid groups (broad SMARTS) is 1. The summed E-state index contributed by atoms with van der Waals surface area (Å²) in [6.07, 6.45) is 4.14. The molecule has 0 radical (unpaired) electrons. The molecule has 0 bridgehead atoms. The van der Waals surface area contributed by atoms with Gasteiger partial charge < -0.3 is 5.11 Å². The summed E-state index contributed by atoms with van der Waals surface area (Å²) < 4.78 is 1.58. The number of aromatic nitrogens is 2. The van der Waals surface area contributed by atoms with Crippen molar-refractivity contribution in [2.24, 2.45) is 0 Å². The van der Waals surface area contributed by atoms with Crippen LogP contribution in [0.4, 0.5) is 0 Å². The molecule has 5 nitrogen and oxygen atoms in total. The molecule has 2 heterocycles. The van der Waals surface area contributed by atoms with E-state index < -0.39 is 11.2 Å². The highest BCUT2D eigenvalue weighted by Gasteiger charge is 2.24. The SMILES string of the molecule is Cc1cccc(-n2c(S[C@H](C)C(=O)O)nc3sc4c(c3c2=O)CCCC4)c1. The molecule has 1 atom stereocenters. The number of carbonyl (C=O) groups is 1. The Labute approximate surface area is 165 Å². The first-order chi connectivity index (χ1) is 13.0. The molecule has 0 aliphatic heterocycles. The second kappa shape index (κ2) is 7.13. The Balaban J connectivity index is 2.00. The number of hydrogen-bond donors (Lipinski definition) is 1. The van der Waals surface area contributed by atoms with Crippen molar-refractivity contribution in [1.82, 2.24) is 9.55 Å². The van der Waals surface area contributed by atoms with Crippen molar-refractivity contribution in [1.29, 1.82) is 0 Å². The molecule has 7 heteroatoms. The van der Waals surface area contributed by atoms with Gasteiger partial charge in [-0.25, -0.2) is 4.98 Å². The molecule has 0 unspecified atom stereocenters. The smallest absolute Gasteiger partial charge is 0.316 e. The third kappa shape index (κ3) is 3.30. The number of aryl methyl sites for hydroxylation is 3. The molecule has 27 heavy (non-hydrogen) atoms. The maximum Gasteiger partial charge on any atom is 0.316 e. The average molecular weight is 401 g/mol. The maximum atomic E-state index is 13.5. The normalized spacial score (nSPS) is 14.9. The number of carboxylic acids is 1. The summed E-state index contributed by atoms with van der Waals surface area (Å²) >= 11 is 2.70. The zero-order valence-electron chi connectivity index (χ0n) is 15.2. The van der Waals surface area contributed by atoms with E-state index in [0.29, 0.717) is 10.5 Å². The van der Waals surface area contributed by atoms with Crippen molar-refractivity contribution in [3.05, 3.63) is 50.6 Å². The number of fused-ring (bicyclic) bond motifs is 3. The van der Waals surface area contributed by atoms with E-state index in [-0.39, 0.29) is 5.56 Å². The fraction of sp³-hybridized carbons (Fsp3) is 0.350. The van der Waals surface area contributed by atoms with Crippen molar-refractivity contribution in [2.45, 2.75) is 49.9 Å². The van der Waals surface area contributed by atoms with Crippen LogP contribution >= 0.6 is 23.1 Å². The fourth-order valence-electron chi connectivity index (χ4n) is 3.47. The summed E-state index contributed by atoms with van der Waals surface area (Å²) in [5, 5.41) is 9.78. The molecule has 0 spiro atoms. The van der Waals surface area contributed by atoms with Gasteiger partial charge in [-0.3, -0.25) is 14.2 Å². The zero-order valence-corrected chi connectivity index (χ0v) is 16.8. The van der Waals surface area contributed by atoms with Gasteiger partial charge in [0.05, 0.1) is 11.1 Å². The first kappa shape index (κ1) is 18.3. The van der Waals surface area contributed by atoms with Gasteiger partial charge in [-0.1, -0.05) is 23.9 Å². The van der Waals surface area contributed by atoms with Gasteiger partial charge in [-0.15, -0.1) is 11.3 Å². The monoisotopic (exact) mass is 400 g/mol. The summed E-state index contributed by atoms with van der Waals surface area (Å²) in [5.41, 5.74) is 2.81. The lowest BCUT2D eigenvalue weighted by atomic mass is 9.97. The van der Waals surface area contributed by atoms with E-state index in [1.54, 1.807) is 22.8 Å². The van der Waals surface area contributed by atoms with Gasteiger partial charge in [-0.2, -0.15) is 0 Å². The van der Waals surface area contributed by atoms with Crippen LogP contribution in [0.25, 0.3) is 15.9 Å². The van der Waals surface area contributed by atoms with Crippen LogP contribution in [0.3, 0.4) is 0 Å². The molecule has 1 N–H and O–H groups in total. The molecule has 3 aromatic rings. The topological polar surface area (TPSA) is 72.2 Å². The summed E-state index contributed by atoms with van der Waals surface area (Å²) in [7, 11) is 0. The summed E-state index contributed by atoms with van der Waals surface area (Å²) in [6.45, 7) is 3.59. The minimum atomic E-state index is -0.921. The van der Waals surface area contributed by atoms with Gasteiger partial charge in [0.15, 0.2) is 5.16 Å². The Kier molecular flexibility index (Phi) is 4.82. The van der Waals surface area contributed by atoms with E-state index >= 15 is 0 Å². The minimum absolute atomic E-state index is 0.0925. The summed E-state index contributed by atoms with van der Waals surface area (Å²) in [4.78, 5) is 31.6. The van der Waals surface area contributed by atoms with Crippen LogP contribution in [0.5, 0.6) is 0 Å². The molecule has 140 valence electrons. The first-order valence-electron chi connectivity index (χ1n) is 8.99. The quantitative estimate of drug-likeness (QED) is 0.525. The van der Waals surface area contributed by atoms with E-state index in [9.17, 15) is 14.7 Å². The highest BCUT2D eigenvalue weighted by molar-refractivity contribution is 8.00. The van der Waals surface area contributed by atoms with Crippen LogP contribution in [0.15, 0.2) is 34.2 Å². The lowest BCUT2D eigenvalue weighted by Crippen LogP contribution is -2.24. The molecule has 0 saturated carbocycles. The lowest BCUT2D eigenvalue weighted by molar-refractivity contribution is -0.136. The predicted molar refractivity (Wildman–Crippen MR) is 110 cm³/mol. The van der Waals surface area contributed by atoms with Crippen LogP contribution < -0.4 is 5.56 Å². The molecule has 1 aliphatic rings. The van der Waals surface area contributed by atoms with E-state index in [1.807, 2.05) is 31.2 Å². The van der Waals surface area contributed by atoms with Crippen LogP contribution in [0, 0.1) is 6.92 Å². The number of thioether (sulfide) groups is 1. The van der Waals surface area contributed by atoms with Crippen molar-refractivity contribution in [2.75, 3.05) is 0 Å². The second-order valence-corrected chi connectivity index (χ2v) is 9.25. The molecular weight excluding hydrogens is 380 g/mol. The fourth-order valence-corrected chi connectivity index (χ4v) is 5.63. The summed E-state index contributed by atoms with van der Waals surface area (Å²) in [5.74, 6) is -0.921. The van der Waals surface area contributed by atoms with Crippen LogP contribution in [0.2, 0.25) is 0 Å². The minimum Gasteiger partial charge on any atom is -0.480 e. The van der Waals surface area contributed by atoms with Crippen LogP contribution in [0.1, 0.15) is 35.8 Å². The third-order valence-electron chi connectivity index (χ3n) is 4.85. The number of nitrogens with zero attached hydrogens (tertiary/aromatic N) is 2. The first-order valence-corrected chi connectivity index (χ1v) is 10.7. The van der Waals surface area contributed by atoms with E-state index in [2.05, 4.69) is 0 Å². The van der Waals surface area contributed by atoms with Crippen molar-refractivity contribution in [3.8, 4) is 5.69 Å². The Morgan fingerprint density at radius 3 is 2.85 bits per heavy atom. The average Bonchev–Trinajstić information content (AvgIpc) is 3.00. The van der Waals surface area contributed by atoms with Gasteiger partial charge >= 0.3 is 5.97 Å². The standard InChI is InChI=1S/C20H20N2O3S2/c1-11-6-5-7-13(10-11)22-18(23)16-14-8-3-4-9-15(14)27-17(16)21-20(22)26-12(2)19(24)25/h5-7,10,12H,3-4,8-9H2,1-2H3,(H,24,25)/t12-/m1/s1. The molecule has 0 saturated heterocycles. The molecule has 0 amide bonds. The largest absolute Gasteiger partial charge is 0.480 e. The van der Waals surface area contributed by atoms with Gasteiger partial charge in [0.2, 0.25) is 0 Å².